The van der Waals surface area contributed by atoms with Crippen LogP contribution in [0.2, 0.25) is 0 Å². The molecule has 0 unspecified atom stereocenters. The molecular weight excluding hydrogens is 420 g/mol. The molecule has 0 bridgehead atoms. The van der Waals surface area contributed by atoms with Gasteiger partial charge in [0.1, 0.15) is 17.4 Å². The molecule has 1 aliphatic carbocycles. The summed E-state index contributed by atoms with van der Waals surface area (Å²) in [6.45, 7) is 8.27. The molecule has 0 aliphatic heterocycles. The lowest BCUT2D eigenvalue weighted by molar-refractivity contribution is -0.119. The number of aromatic nitrogens is 4. The van der Waals surface area contributed by atoms with Crippen LogP contribution in [0.1, 0.15) is 43.5 Å². The first kappa shape index (κ1) is 22.3. The lowest BCUT2D eigenvalue weighted by Crippen LogP contribution is -2.28. The highest BCUT2D eigenvalue weighted by atomic mass is 32.2. The highest BCUT2D eigenvalue weighted by molar-refractivity contribution is 7.99. The summed E-state index contributed by atoms with van der Waals surface area (Å²) in [7, 11) is 2.04. The third-order valence-electron chi connectivity index (χ3n) is 5.70. The van der Waals surface area contributed by atoms with Crippen LogP contribution in [0.4, 0.5) is 17.5 Å². The van der Waals surface area contributed by atoms with Crippen LogP contribution in [0.15, 0.2) is 40.4 Å². The number of anilines is 3. The van der Waals surface area contributed by atoms with Crippen LogP contribution >= 0.6 is 11.8 Å². The van der Waals surface area contributed by atoms with Gasteiger partial charge < -0.3 is 10.2 Å². The van der Waals surface area contributed by atoms with Crippen molar-refractivity contribution in [2.75, 3.05) is 17.3 Å². The maximum absolute atomic E-state index is 12.1. The molecule has 3 aromatic rings. The number of hydrogen-bond acceptors (Lipinski definition) is 7. The zero-order valence-electron chi connectivity index (χ0n) is 19.3. The minimum absolute atomic E-state index is 0.296. The zero-order valence-corrected chi connectivity index (χ0v) is 20.1. The van der Waals surface area contributed by atoms with Crippen molar-refractivity contribution in [2.45, 2.75) is 63.1 Å². The van der Waals surface area contributed by atoms with Gasteiger partial charge in [-0.2, -0.15) is 5.10 Å². The molecule has 1 saturated carbocycles. The molecule has 0 amide bonds. The van der Waals surface area contributed by atoms with Gasteiger partial charge in [0.05, 0.1) is 0 Å². The van der Waals surface area contributed by atoms with Gasteiger partial charge in [0.2, 0.25) is 0 Å². The van der Waals surface area contributed by atoms with E-state index in [9.17, 15) is 4.79 Å². The molecule has 2 N–H and O–H groups in total. The van der Waals surface area contributed by atoms with Crippen molar-refractivity contribution in [3.05, 3.63) is 47.2 Å². The van der Waals surface area contributed by atoms with E-state index in [0.29, 0.717) is 29.3 Å². The number of carbonyl (C=O) groups is 1. The van der Waals surface area contributed by atoms with Crippen LogP contribution in [-0.4, -0.2) is 39.0 Å². The molecule has 0 spiro atoms. The molecular formula is C24H30N6OS. The largest absolute Gasteiger partial charge is 0.357 e. The van der Waals surface area contributed by atoms with Gasteiger partial charge in [0.25, 0.3) is 0 Å². The Morgan fingerprint density at radius 1 is 1.22 bits per heavy atom. The molecule has 0 saturated heterocycles. The fourth-order valence-corrected chi connectivity index (χ4v) is 4.13. The normalized spacial score (nSPS) is 13.4. The quantitative estimate of drug-likeness (QED) is 0.440. The number of benzene rings is 1. The second kappa shape index (κ2) is 9.32. The second-order valence-corrected chi connectivity index (χ2v) is 9.77. The molecule has 0 atom stereocenters. The van der Waals surface area contributed by atoms with Crippen LogP contribution in [0.25, 0.3) is 0 Å². The van der Waals surface area contributed by atoms with Gasteiger partial charge in [-0.3, -0.25) is 9.89 Å². The number of carbonyl (C=O) groups excluding carboxylic acids is 1. The van der Waals surface area contributed by atoms with Gasteiger partial charge in [-0.15, -0.1) is 0 Å². The summed E-state index contributed by atoms with van der Waals surface area (Å²) in [5.41, 5.74) is 3.02. The Hall–Kier alpha value is -2.87. The van der Waals surface area contributed by atoms with E-state index in [1.807, 2.05) is 51.2 Å². The fourth-order valence-electron chi connectivity index (χ4n) is 3.38. The highest BCUT2D eigenvalue weighted by Crippen LogP contribution is 2.33. The third-order valence-corrected chi connectivity index (χ3v) is 6.58. The van der Waals surface area contributed by atoms with E-state index < -0.39 is 0 Å². The summed E-state index contributed by atoms with van der Waals surface area (Å²) in [5, 5.41) is 11.2. The average molecular weight is 451 g/mol. The fraction of sp³-hybridized carbons (Fsp3) is 0.417. The number of ketones is 1. The summed E-state index contributed by atoms with van der Waals surface area (Å²) in [4.78, 5) is 24.9. The van der Waals surface area contributed by atoms with Crippen molar-refractivity contribution in [2.24, 2.45) is 5.92 Å². The van der Waals surface area contributed by atoms with Gasteiger partial charge in [0.15, 0.2) is 11.0 Å². The van der Waals surface area contributed by atoms with Gasteiger partial charge >= 0.3 is 0 Å². The Morgan fingerprint density at radius 3 is 2.53 bits per heavy atom. The van der Waals surface area contributed by atoms with E-state index in [1.54, 1.807) is 0 Å². The predicted molar refractivity (Wildman–Crippen MR) is 129 cm³/mol. The molecule has 0 radical (unpaired) electrons. The summed E-state index contributed by atoms with van der Waals surface area (Å²) < 4.78 is 0. The number of hydrogen-bond donors (Lipinski definition) is 2. The molecule has 2 heterocycles. The van der Waals surface area contributed by atoms with Gasteiger partial charge in [-0.1, -0.05) is 12.1 Å². The third kappa shape index (κ3) is 5.30. The van der Waals surface area contributed by atoms with Crippen LogP contribution < -0.4 is 10.2 Å². The second-order valence-electron chi connectivity index (χ2n) is 8.73. The van der Waals surface area contributed by atoms with E-state index >= 15 is 0 Å². The molecule has 168 valence electrons. The molecule has 1 aliphatic rings. The standard InChI is InChI=1S/C24H30N6OS/c1-14(2)30(5)23-16(4)22(25-21-12-15(3)28-29-21)26-24(27-23)32-19-10-6-17(7-11-19)13-20(31)18-8-9-18/h6-7,10-12,14,18H,8-9,13H2,1-5H3,(H2,25,26,27,28,29). The van der Waals surface area contributed by atoms with Gasteiger partial charge in [0, 0.05) is 47.6 Å². The Labute approximate surface area is 193 Å². The number of nitrogens with one attached hydrogen (secondary N) is 2. The number of aromatic amines is 1. The average Bonchev–Trinajstić information content (AvgIpc) is 3.53. The minimum atomic E-state index is 0.296. The van der Waals surface area contributed by atoms with Crippen molar-refractivity contribution in [3.8, 4) is 0 Å². The lowest BCUT2D eigenvalue weighted by Gasteiger charge is -2.25. The van der Waals surface area contributed by atoms with Crippen LogP contribution in [0.3, 0.4) is 0 Å². The van der Waals surface area contributed by atoms with Crippen LogP contribution in [0, 0.1) is 19.8 Å². The first-order chi connectivity index (χ1) is 15.3. The molecule has 8 heteroatoms. The van der Waals surface area contributed by atoms with Crippen LogP contribution in [0.5, 0.6) is 0 Å². The number of rotatable bonds is 9. The molecule has 1 aromatic carbocycles. The molecule has 32 heavy (non-hydrogen) atoms. The van der Waals surface area contributed by atoms with Gasteiger partial charge in [-0.25, -0.2) is 9.97 Å². The first-order valence-corrected chi connectivity index (χ1v) is 11.8. The Kier molecular flexibility index (Phi) is 6.50. The monoisotopic (exact) mass is 450 g/mol. The smallest absolute Gasteiger partial charge is 0.196 e. The van der Waals surface area contributed by atoms with Crippen LogP contribution in [-0.2, 0) is 11.2 Å². The molecule has 2 aromatic heterocycles. The van der Waals surface area contributed by atoms with E-state index in [-0.39, 0.29) is 0 Å². The molecule has 1 fully saturated rings. The Balaban J connectivity index is 1.58. The number of aryl methyl sites for hydroxylation is 1. The lowest BCUT2D eigenvalue weighted by atomic mass is 10.1. The maximum Gasteiger partial charge on any atom is 0.196 e. The van der Waals surface area contributed by atoms with E-state index in [0.717, 1.165) is 52.0 Å². The van der Waals surface area contributed by atoms with E-state index in [2.05, 4.69) is 34.3 Å². The molecule has 7 nitrogen and oxygen atoms in total. The summed E-state index contributed by atoms with van der Waals surface area (Å²) in [6, 6.07) is 10.4. The number of H-pyrrole nitrogens is 1. The zero-order chi connectivity index (χ0) is 22.8. The number of Topliss-reactive ketones (excluding diaryl/α,β-unsaturated/α-hetero) is 1. The summed E-state index contributed by atoms with van der Waals surface area (Å²) in [5.74, 6) is 3.01. The maximum atomic E-state index is 12.1. The molecule has 4 rings (SSSR count). The van der Waals surface area contributed by atoms with Crippen molar-refractivity contribution >= 4 is 35.0 Å². The van der Waals surface area contributed by atoms with Crippen molar-refractivity contribution in [1.82, 2.24) is 20.2 Å². The van der Waals surface area contributed by atoms with Crippen molar-refractivity contribution in [3.63, 3.8) is 0 Å². The topological polar surface area (TPSA) is 86.8 Å². The summed E-state index contributed by atoms with van der Waals surface area (Å²) >= 11 is 1.51. The Bertz CT molecular complexity index is 1100. The first-order valence-electron chi connectivity index (χ1n) is 11.0. The van der Waals surface area contributed by atoms with E-state index in [1.165, 1.54) is 11.8 Å². The predicted octanol–water partition coefficient (Wildman–Crippen LogP) is 5.08. The Morgan fingerprint density at radius 2 is 1.94 bits per heavy atom. The van der Waals surface area contributed by atoms with Gasteiger partial charge in [-0.05, 0) is 70.0 Å². The summed E-state index contributed by atoms with van der Waals surface area (Å²) in [6.07, 6.45) is 2.63. The SMILES string of the molecule is Cc1cc(Nc2nc(Sc3ccc(CC(=O)C4CC4)cc3)nc(N(C)C(C)C)c2C)n[nH]1. The number of nitrogens with zero attached hydrogens (tertiary/aromatic N) is 4. The van der Waals surface area contributed by atoms with E-state index in [4.69, 9.17) is 9.97 Å². The van der Waals surface area contributed by atoms with Crippen molar-refractivity contribution < 1.29 is 4.79 Å². The highest BCUT2D eigenvalue weighted by Gasteiger charge is 2.29. The minimum Gasteiger partial charge on any atom is -0.357 e. The van der Waals surface area contributed by atoms with Crippen molar-refractivity contribution in [1.29, 1.82) is 0 Å².